The molecule has 21 heavy (non-hydrogen) atoms. The first kappa shape index (κ1) is 14.1. The predicted octanol–water partition coefficient (Wildman–Crippen LogP) is 2.09. The third-order valence-electron chi connectivity index (χ3n) is 4.52. The SMILES string of the molecule is CCn1cc(CC(=O)NCC2(CO)CC2)c2ccccc21. The van der Waals surface area contributed by atoms with E-state index in [1.807, 2.05) is 12.1 Å². The van der Waals surface area contributed by atoms with Crippen molar-refractivity contribution in [3.63, 3.8) is 0 Å². The van der Waals surface area contributed by atoms with Crippen molar-refractivity contribution in [3.05, 3.63) is 36.0 Å². The molecule has 1 saturated carbocycles. The molecule has 2 N–H and O–H groups in total. The van der Waals surface area contributed by atoms with Gasteiger partial charge in [0.15, 0.2) is 0 Å². The first-order valence-corrected chi connectivity index (χ1v) is 7.62. The van der Waals surface area contributed by atoms with Crippen molar-refractivity contribution >= 4 is 16.8 Å². The number of aliphatic hydroxyl groups is 1. The number of fused-ring (bicyclic) bond motifs is 1. The Morgan fingerprint density at radius 2 is 2.14 bits per heavy atom. The number of carbonyl (C=O) groups excluding carboxylic acids is 1. The summed E-state index contributed by atoms with van der Waals surface area (Å²) in [6, 6.07) is 8.19. The Balaban J connectivity index is 1.71. The van der Waals surface area contributed by atoms with E-state index in [0.717, 1.165) is 30.3 Å². The maximum atomic E-state index is 12.1. The van der Waals surface area contributed by atoms with Gasteiger partial charge in [-0.25, -0.2) is 0 Å². The molecule has 0 spiro atoms. The van der Waals surface area contributed by atoms with Crippen molar-refractivity contribution in [2.75, 3.05) is 13.2 Å². The zero-order valence-electron chi connectivity index (χ0n) is 12.4. The number of hydrogen-bond acceptors (Lipinski definition) is 2. The van der Waals surface area contributed by atoms with Gasteiger partial charge in [-0.05, 0) is 31.4 Å². The third-order valence-corrected chi connectivity index (χ3v) is 4.52. The number of benzene rings is 1. The lowest BCUT2D eigenvalue weighted by atomic mass is 10.1. The van der Waals surface area contributed by atoms with E-state index in [2.05, 4.69) is 35.1 Å². The van der Waals surface area contributed by atoms with Gasteiger partial charge in [-0.2, -0.15) is 0 Å². The normalized spacial score (nSPS) is 16.1. The van der Waals surface area contributed by atoms with Crippen LogP contribution in [0.3, 0.4) is 0 Å². The Hall–Kier alpha value is -1.81. The number of para-hydroxylation sites is 1. The van der Waals surface area contributed by atoms with E-state index in [-0.39, 0.29) is 17.9 Å². The molecule has 2 aromatic rings. The van der Waals surface area contributed by atoms with Crippen molar-refractivity contribution < 1.29 is 9.90 Å². The van der Waals surface area contributed by atoms with E-state index in [1.54, 1.807) is 0 Å². The second-order valence-electron chi connectivity index (χ2n) is 6.07. The van der Waals surface area contributed by atoms with Gasteiger partial charge in [0.1, 0.15) is 0 Å². The van der Waals surface area contributed by atoms with Crippen molar-refractivity contribution in [2.24, 2.45) is 5.41 Å². The first-order chi connectivity index (χ1) is 10.2. The quantitative estimate of drug-likeness (QED) is 0.854. The Labute approximate surface area is 124 Å². The van der Waals surface area contributed by atoms with Crippen molar-refractivity contribution in [1.82, 2.24) is 9.88 Å². The van der Waals surface area contributed by atoms with Gasteiger partial charge in [0.2, 0.25) is 5.91 Å². The molecule has 4 heteroatoms. The molecule has 0 unspecified atom stereocenters. The van der Waals surface area contributed by atoms with Gasteiger partial charge in [0.05, 0.1) is 13.0 Å². The summed E-state index contributed by atoms with van der Waals surface area (Å²) < 4.78 is 2.17. The van der Waals surface area contributed by atoms with Gasteiger partial charge in [0.25, 0.3) is 0 Å². The summed E-state index contributed by atoms with van der Waals surface area (Å²) in [5.41, 5.74) is 2.21. The Bertz CT molecular complexity index is 656. The number of aromatic nitrogens is 1. The highest BCUT2D eigenvalue weighted by molar-refractivity contribution is 5.89. The van der Waals surface area contributed by atoms with Crippen LogP contribution in [0.25, 0.3) is 10.9 Å². The topological polar surface area (TPSA) is 54.3 Å². The molecule has 3 rings (SSSR count). The van der Waals surface area contributed by atoms with Crippen LogP contribution in [0.5, 0.6) is 0 Å². The summed E-state index contributed by atoms with van der Waals surface area (Å²) in [5.74, 6) is 0.0359. The van der Waals surface area contributed by atoms with Crippen LogP contribution in [0.4, 0.5) is 0 Å². The van der Waals surface area contributed by atoms with E-state index < -0.39 is 0 Å². The highest BCUT2D eigenvalue weighted by Crippen LogP contribution is 2.44. The molecule has 112 valence electrons. The van der Waals surface area contributed by atoms with E-state index >= 15 is 0 Å². The number of rotatable bonds is 6. The second kappa shape index (κ2) is 5.53. The Morgan fingerprint density at radius 3 is 2.81 bits per heavy atom. The number of amides is 1. The molecule has 0 atom stereocenters. The molecular formula is C17H22N2O2. The zero-order valence-corrected chi connectivity index (χ0v) is 12.4. The summed E-state index contributed by atoms with van der Waals surface area (Å²) >= 11 is 0. The molecular weight excluding hydrogens is 264 g/mol. The Kier molecular flexibility index (Phi) is 3.72. The van der Waals surface area contributed by atoms with Crippen molar-refractivity contribution in [3.8, 4) is 0 Å². The number of nitrogens with zero attached hydrogens (tertiary/aromatic N) is 1. The van der Waals surface area contributed by atoms with Gasteiger partial charge < -0.3 is 15.0 Å². The fraction of sp³-hybridized carbons (Fsp3) is 0.471. The van der Waals surface area contributed by atoms with E-state index in [0.29, 0.717) is 13.0 Å². The van der Waals surface area contributed by atoms with Crippen LogP contribution < -0.4 is 5.32 Å². The summed E-state index contributed by atoms with van der Waals surface area (Å²) in [7, 11) is 0. The third kappa shape index (κ3) is 2.81. The molecule has 1 heterocycles. The molecule has 1 aromatic heterocycles. The smallest absolute Gasteiger partial charge is 0.224 e. The van der Waals surface area contributed by atoms with E-state index in [9.17, 15) is 9.90 Å². The lowest BCUT2D eigenvalue weighted by Crippen LogP contribution is -2.32. The molecule has 0 aliphatic heterocycles. The van der Waals surface area contributed by atoms with Gasteiger partial charge in [-0.15, -0.1) is 0 Å². The zero-order chi connectivity index (χ0) is 14.9. The maximum absolute atomic E-state index is 12.1. The molecule has 1 aromatic carbocycles. The van der Waals surface area contributed by atoms with E-state index in [4.69, 9.17) is 0 Å². The summed E-state index contributed by atoms with van der Waals surface area (Å²) in [4.78, 5) is 12.1. The number of carbonyl (C=O) groups is 1. The number of hydrogen-bond donors (Lipinski definition) is 2. The number of nitrogens with one attached hydrogen (secondary N) is 1. The summed E-state index contributed by atoms with van der Waals surface area (Å²) in [5, 5.41) is 13.4. The Morgan fingerprint density at radius 1 is 1.38 bits per heavy atom. The molecule has 1 aliphatic rings. The van der Waals surface area contributed by atoms with Crippen LogP contribution in [0.2, 0.25) is 0 Å². The first-order valence-electron chi connectivity index (χ1n) is 7.62. The minimum atomic E-state index is -0.0346. The van der Waals surface area contributed by atoms with Crippen LogP contribution in [0.15, 0.2) is 30.5 Å². The molecule has 4 nitrogen and oxygen atoms in total. The van der Waals surface area contributed by atoms with E-state index in [1.165, 1.54) is 5.52 Å². The molecule has 1 fully saturated rings. The van der Waals surface area contributed by atoms with Crippen LogP contribution in [-0.4, -0.2) is 28.7 Å². The molecule has 1 amide bonds. The number of aryl methyl sites for hydroxylation is 1. The molecule has 0 radical (unpaired) electrons. The van der Waals surface area contributed by atoms with Gasteiger partial charge >= 0.3 is 0 Å². The predicted molar refractivity (Wildman–Crippen MR) is 83.1 cm³/mol. The molecule has 0 bridgehead atoms. The lowest BCUT2D eigenvalue weighted by Gasteiger charge is -2.12. The van der Waals surface area contributed by atoms with Crippen LogP contribution in [-0.2, 0) is 17.8 Å². The van der Waals surface area contributed by atoms with Crippen LogP contribution >= 0.6 is 0 Å². The van der Waals surface area contributed by atoms with Gasteiger partial charge in [0, 0.05) is 35.6 Å². The van der Waals surface area contributed by atoms with Crippen LogP contribution in [0, 0.1) is 5.41 Å². The lowest BCUT2D eigenvalue weighted by molar-refractivity contribution is -0.120. The maximum Gasteiger partial charge on any atom is 0.224 e. The monoisotopic (exact) mass is 286 g/mol. The minimum absolute atomic E-state index is 0.0346. The molecule has 1 aliphatic carbocycles. The van der Waals surface area contributed by atoms with Gasteiger partial charge in [-0.1, -0.05) is 18.2 Å². The van der Waals surface area contributed by atoms with Crippen molar-refractivity contribution in [2.45, 2.75) is 32.7 Å². The van der Waals surface area contributed by atoms with Crippen molar-refractivity contribution in [1.29, 1.82) is 0 Å². The fourth-order valence-electron chi connectivity index (χ4n) is 2.81. The fourth-order valence-corrected chi connectivity index (χ4v) is 2.81. The van der Waals surface area contributed by atoms with Crippen LogP contribution in [0.1, 0.15) is 25.3 Å². The second-order valence-corrected chi connectivity index (χ2v) is 6.07. The average molecular weight is 286 g/mol. The standard InChI is InChI=1S/C17H22N2O2/c1-2-19-10-13(14-5-3-4-6-15(14)19)9-16(21)18-11-17(12-20)7-8-17/h3-6,10,20H,2,7-9,11-12H2,1H3,(H,18,21). The summed E-state index contributed by atoms with van der Waals surface area (Å²) in [6.45, 7) is 3.77. The number of aliphatic hydroxyl groups excluding tert-OH is 1. The highest BCUT2D eigenvalue weighted by atomic mass is 16.3. The highest BCUT2D eigenvalue weighted by Gasteiger charge is 2.42. The average Bonchev–Trinajstić information content (AvgIpc) is 3.22. The molecule has 0 saturated heterocycles. The summed E-state index contributed by atoms with van der Waals surface area (Å²) in [6.07, 6.45) is 4.50. The van der Waals surface area contributed by atoms with Gasteiger partial charge in [-0.3, -0.25) is 4.79 Å². The largest absolute Gasteiger partial charge is 0.396 e. The minimum Gasteiger partial charge on any atom is -0.396 e.